The van der Waals surface area contributed by atoms with Gasteiger partial charge in [-0.05, 0) is 18.9 Å². The maximum absolute atomic E-state index is 11.9. The third kappa shape index (κ3) is 5.55. The Morgan fingerprint density at radius 3 is 2.63 bits per heavy atom. The number of benzene rings is 1. The molecule has 1 aromatic carbocycles. The van der Waals surface area contributed by atoms with E-state index < -0.39 is 0 Å². The monoisotopic (exact) mass is 263 g/mol. The van der Waals surface area contributed by atoms with Gasteiger partial charge >= 0.3 is 5.97 Å². The quantitative estimate of drug-likeness (QED) is 0.737. The lowest BCUT2D eigenvalue weighted by Gasteiger charge is -2.16. The molecule has 4 heteroatoms. The summed E-state index contributed by atoms with van der Waals surface area (Å²) in [5.41, 5.74) is 2.36. The number of nitrogens with zero attached hydrogens (tertiary/aromatic N) is 1. The first-order valence-corrected chi connectivity index (χ1v) is 6.39. The van der Waals surface area contributed by atoms with Crippen LogP contribution in [0.2, 0.25) is 0 Å². The molecule has 0 spiro atoms. The Balaban J connectivity index is 2.36. The average Bonchev–Trinajstić information content (AvgIpc) is 2.41. The van der Waals surface area contributed by atoms with E-state index in [1.54, 1.807) is 11.9 Å². The van der Waals surface area contributed by atoms with E-state index in [9.17, 15) is 9.59 Å². The van der Waals surface area contributed by atoms with Gasteiger partial charge in [-0.25, -0.2) is 0 Å². The molecule has 104 valence electrons. The molecule has 4 nitrogen and oxygen atoms in total. The topological polar surface area (TPSA) is 46.6 Å². The maximum atomic E-state index is 11.9. The van der Waals surface area contributed by atoms with Crippen LogP contribution < -0.4 is 0 Å². The first-order valence-electron chi connectivity index (χ1n) is 6.39. The van der Waals surface area contributed by atoms with Crippen molar-refractivity contribution >= 4 is 11.9 Å². The van der Waals surface area contributed by atoms with E-state index in [0.29, 0.717) is 13.0 Å². The lowest BCUT2D eigenvalue weighted by molar-refractivity contribution is -0.141. The smallest absolute Gasteiger partial charge is 0.307 e. The van der Waals surface area contributed by atoms with Gasteiger partial charge in [0.2, 0.25) is 5.91 Å². The van der Waals surface area contributed by atoms with Gasteiger partial charge in [-0.3, -0.25) is 9.59 Å². The minimum absolute atomic E-state index is 0.0467. The molecule has 0 atom stereocenters. The van der Waals surface area contributed by atoms with Crippen molar-refractivity contribution in [3.8, 4) is 0 Å². The number of methoxy groups -OCH3 is 1. The van der Waals surface area contributed by atoms with Gasteiger partial charge in [-0.15, -0.1) is 0 Å². The molecule has 0 aliphatic carbocycles. The fourth-order valence-electron chi connectivity index (χ4n) is 1.80. The third-order valence-electron chi connectivity index (χ3n) is 3.01. The molecular weight excluding hydrogens is 242 g/mol. The summed E-state index contributed by atoms with van der Waals surface area (Å²) in [7, 11) is 3.06. The van der Waals surface area contributed by atoms with Crippen LogP contribution in [0.4, 0.5) is 0 Å². The predicted molar refractivity (Wildman–Crippen MR) is 73.8 cm³/mol. The lowest BCUT2D eigenvalue weighted by atomic mass is 10.1. The van der Waals surface area contributed by atoms with Gasteiger partial charge in [-0.2, -0.15) is 0 Å². The molecule has 0 aliphatic heterocycles. The van der Waals surface area contributed by atoms with Gasteiger partial charge < -0.3 is 9.64 Å². The summed E-state index contributed by atoms with van der Waals surface area (Å²) in [5.74, 6) is -0.247. The van der Waals surface area contributed by atoms with E-state index in [1.807, 2.05) is 25.1 Å². The zero-order valence-electron chi connectivity index (χ0n) is 11.8. The van der Waals surface area contributed by atoms with Crippen molar-refractivity contribution in [3.63, 3.8) is 0 Å². The summed E-state index contributed by atoms with van der Waals surface area (Å²) in [5, 5.41) is 0. The second-order valence-corrected chi connectivity index (χ2v) is 4.63. The normalized spacial score (nSPS) is 10.1. The molecule has 1 aromatic rings. The highest BCUT2D eigenvalue weighted by molar-refractivity contribution is 5.77. The second kappa shape index (κ2) is 7.56. The number of carbonyl (C=O) groups is 2. The molecule has 0 radical (unpaired) electrons. The molecule has 0 aromatic heterocycles. The van der Waals surface area contributed by atoms with Crippen molar-refractivity contribution in [3.05, 3.63) is 35.4 Å². The SMILES string of the molecule is COC(=O)CCN(C)C(=O)CCc1cccc(C)c1. The van der Waals surface area contributed by atoms with E-state index in [4.69, 9.17) is 0 Å². The highest BCUT2D eigenvalue weighted by Crippen LogP contribution is 2.07. The van der Waals surface area contributed by atoms with Gasteiger partial charge in [-0.1, -0.05) is 29.8 Å². The zero-order chi connectivity index (χ0) is 14.3. The average molecular weight is 263 g/mol. The Kier molecular flexibility index (Phi) is 6.06. The van der Waals surface area contributed by atoms with Crippen LogP contribution in [0.25, 0.3) is 0 Å². The Morgan fingerprint density at radius 2 is 2.00 bits per heavy atom. The number of carbonyl (C=O) groups excluding carboxylic acids is 2. The van der Waals surface area contributed by atoms with Crippen molar-refractivity contribution in [2.75, 3.05) is 20.7 Å². The van der Waals surface area contributed by atoms with Crippen LogP contribution >= 0.6 is 0 Å². The number of ether oxygens (including phenoxy) is 1. The first-order chi connectivity index (χ1) is 9.02. The van der Waals surface area contributed by atoms with Gasteiger partial charge in [0, 0.05) is 20.0 Å². The first kappa shape index (κ1) is 15.2. The fraction of sp³-hybridized carbons (Fsp3) is 0.467. The molecule has 0 N–H and O–H groups in total. The minimum atomic E-state index is -0.293. The largest absolute Gasteiger partial charge is 0.469 e. The summed E-state index contributed by atoms with van der Waals surface area (Å²) in [4.78, 5) is 24.4. The molecule has 0 fully saturated rings. The van der Waals surface area contributed by atoms with Crippen LogP contribution in [0.15, 0.2) is 24.3 Å². The van der Waals surface area contributed by atoms with Crippen LogP contribution in [0.1, 0.15) is 24.0 Å². The van der Waals surface area contributed by atoms with E-state index in [1.165, 1.54) is 12.7 Å². The fourth-order valence-corrected chi connectivity index (χ4v) is 1.80. The van der Waals surface area contributed by atoms with E-state index in [2.05, 4.69) is 10.8 Å². The molecule has 19 heavy (non-hydrogen) atoms. The minimum Gasteiger partial charge on any atom is -0.469 e. The number of aryl methyl sites for hydroxylation is 2. The van der Waals surface area contributed by atoms with Gasteiger partial charge in [0.25, 0.3) is 0 Å². The number of rotatable bonds is 6. The summed E-state index contributed by atoms with van der Waals surface area (Å²) < 4.78 is 4.55. The van der Waals surface area contributed by atoms with Crippen molar-refractivity contribution in [1.82, 2.24) is 4.90 Å². The molecule has 0 bridgehead atoms. The number of esters is 1. The Morgan fingerprint density at radius 1 is 1.26 bits per heavy atom. The molecule has 0 saturated heterocycles. The van der Waals surface area contributed by atoms with Gasteiger partial charge in [0.15, 0.2) is 0 Å². The maximum Gasteiger partial charge on any atom is 0.307 e. The molecule has 0 unspecified atom stereocenters. The molecule has 0 heterocycles. The second-order valence-electron chi connectivity index (χ2n) is 4.63. The van der Waals surface area contributed by atoms with E-state index in [-0.39, 0.29) is 18.3 Å². The van der Waals surface area contributed by atoms with E-state index in [0.717, 1.165) is 12.0 Å². The van der Waals surface area contributed by atoms with Crippen LogP contribution in [0.3, 0.4) is 0 Å². The van der Waals surface area contributed by atoms with Crippen molar-refractivity contribution in [1.29, 1.82) is 0 Å². The standard InChI is InChI=1S/C15H21NO3/c1-12-5-4-6-13(11-12)7-8-14(17)16(2)10-9-15(18)19-3/h4-6,11H,7-10H2,1-3H3. The molecule has 0 aliphatic rings. The molecule has 1 rings (SSSR count). The van der Waals surface area contributed by atoms with Crippen molar-refractivity contribution in [2.24, 2.45) is 0 Å². The van der Waals surface area contributed by atoms with Crippen molar-refractivity contribution < 1.29 is 14.3 Å². The Hall–Kier alpha value is -1.84. The highest BCUT2D eigenvalue weighted by atomic mass is 16.5. The van der Waals surface area contributed by atoms with Crippen molar-refractivity contribution in [2.45, 2.75) is 26.2 Å². The summed E-state index contributed by atoms with van der Waals surface area (Å²) in [6.45, 7) is 2.44. The Bertz CT molecular complexity index is 443. The number of amides is 1. The van der Waals surface area contributed by atoms with Crippen LogP contribution in [-0.2, 0) is 20.7 Å². The van der Waals surface area contributed by atoms with Gasteiger partial charge in [0.05, 0.1) is 13.5 Å². The van der Waals surface area contributed by atoms with Crippen LogP contribution in [-0.4, -0.2) is 37.5 Å². The molecule has 0 saturated carbocycles. The van der Waals surface area contributed by atoms with Crippen LogP contribution in [0.5, 0.6) is 0 Å². The third-order valence-corrected chi connectivity index (χ3v) is 3.01. The summed E-state index contributed by atoms with van der Waals surface area (Å²) >= 11 is 0. The molecular formula is C15H21NO3. The summed E-state index contributed by atoms with van der Waals surface area (Å²) in [6.07, 6.45) is 1.42. The number of hydrogen-bond acceptors (Lipinski definition) is 3. The van der Waals surface area contributed by atoms with E-state index >= 15 is 0 Å². The Labute approximate surface area is 114 Å². The summed E-state index contributed by atoms with van der Waals surface area (Å²) in [6, 6.07) is 8.14. The molecule has 1 amide bonds. The highest BCUT2D eigenvalue weighted by Gasteiger charge is 2.10. The number of hydrogen-bond donors (Lipinski definition) is 0. The predicted octanol–water partition coefficient (Wildman–Crippen LogP) is 1.95. The zero-order valence-corrected chi connectivity index (χ0v) is 11.8. The van der Waals surface area contributed by atoms with Gasteiger partial charge in [0.1, 0.15) is 0 Å². The van der Waals surface area contributed by atoms with Crippen LogP contribution in [0, 0.1) is 6.92 Å². The lowest BCUT2D eigenvalue weighted by Crippen LogP contribution is -2.29.